The molecule has 0 unspecified atom stereocenters. The third kappa shape index (κ3) is 4.43. The van der Waals surface area contributed by atoms with Gasteiger partial charge in [0, 0.05) is 39.4 Å². The number of methoxy groups -OCH3 is 1. The molecule has 0 atom stereocenters. The van der Waals surface area contributed by atoms with Crippen molar-refractivity contribution in [2.75, 3.05) is 39.9 Å². The number of carbonyl (C=O) groups excluding carboxylic acids is 2. The smallest absolute Gasteiger partial charge is 0.248 e. The van der Waals surface area contributed by atoms with Gasteiger partial charge in [-0.15, -0.1) is 0 Å². The van der Waals surface area contributed by atoms with Gasteiger partial charge in [0.2, 0.25) is 11.8 Å². The van der Waals surface area contributed by atoms with Crippen molar-refractivity contribution in [1.29, 1.82) is 0 Å². The minimum Gasteiger partial charge on any atom is -0.375 e. The number of hydrogen-bond acceptors (Lipinski definition) is 3. The molecule has 1 aromatic carbocycles. The molecule has 0 radical (unpaired) electrons. The third-order valence-electron chi connectivity index (χ3n) is 3.43. The van der Waals surface area contributed by atoms with Crippen LogP contribution in [0.1, 0.15) is 5.56 Å². The molecular weight excluding hydrogens is 268 g/mol. The summed E-state index contributed by atoms with van der Waals surface area (Å²) in [5.74, 6) is -0.0397. The Morgan fingerprint density at radius 3 is 2.33 bits per heavy atom. The Hall–Kier alpha value is -2.14. The molecular formula is C16H20N2O3. The molecule has 0 bridgehead atoms. The van der Waals surface area contributed by atoms with Crippen LogP contribution < -0.4 is 0 Å². The fourth-order valence-corrected chi connectivity index (χ4v) is 2.23. The topological polar surface area (TPSA) is 49.9 Å². The van der Waals surface area contributed by atoms with Crippen LogP contribution in [0.2, 0.25) is 0 Å². The van der Waals surface area contributed by atoms with Gasteiger partial charge in [-0.2, -0.15) is 0 Å². The van der Waals surface area contributed by atoms with Crippen LogP contribution in [0.4, 0.5) is 0 Å². The Balaban J connectivity index is 1.83. The molecule has 2 rings (SSSR count). The van der Waals surface area contributed by atoms with Gasteiger partial charge in [0.05, 0.1) is 0 Å². The highest BCUT2D eigenvalue weighted by molar-refractivity contribution is 5.92. The van der Waals surface area contributed by atoms with E-state index in [2.05, 4.69) is 0 Å². The summed E-state index contributed by atoms with van der Waals surface area (Å²) in [6.07, 6.45) is 3.40. The van der Waals surface area contributed by atoms with Gasteiger partial charge in [0.15, 0.2) is 0 Å². The van der Waals surface area contributed by atoms with Gasteiger partial charge < -0.3 is 14.5 Å². The maximum absolute atomic E-state index is 12.1. The van der Waals surface area contributed by atoms with Crippen LogP contribution in [0.5, 0.6) is 0 Å². The number of carbonyl (C=O) groups is 2. The van der Waals surface area contributed by atoms with Gasteiger partial charge in [-0.05, 0) is 11.6 Å². The molecule has 1 aliphatic rings. The molecule has 2 amide bonds. The van der Waals surface area contributed by atoms with E-state index in [4.69, 9.17) is 4.74 Å². The third-order valence-corrected chi connectivity index (χ3v) is 3.43. The van der Waals surface area contributed by atoms with E-state index >= 15 is 0 Å². The van der Waals surface area contributed by atoms with Gasteiger partial charge in [-0.25, -0.2) is 0 Å². The summed E-state index contributed by atoms with van der Waals surface area (Å²) in [5, 5.41) is 0. The van der Waals surface area contributed by atoms with E-state index in [9.17, 15) is 9.59 Å². The molecule has 0 aromatic heterocycles. The summed E-state index contributed by atoms with van der Waals surface area (Å²) >= 11 is 0. The average molecular weight is 288 g/mol. The molecule has 0 aliphatic carbocycles. The van der Waals surface area contributed by atoms with Gasteiger partial charge in [0.1, 0.15) is 6.61 Å². The SMILES string of the molecule is COCC(=O)N1CCN(C(=O)/C=C/c2ccccc2)CC1. The second-order valence-electron chi connectivity index (χ2n) is 4.88. The Bertz CT molecular complexity index is 506. The predicted molar refractivity (Wildman–Crippen MR) is 80.5 cm³/mol. The lowest BCUT2D eigenvalue weighted by molar-refractivity contribution is -0.140. The first-order valence-electron chi connectivity index (χ1n) is 6.99. The van der Waals surface area contributed by atoms with Crippen LogP contribution in [0.15, 0.2) is 36.4 Å². The fourth-order valence-electron chi connectivity index (χ4n) is 2.23. The van der Waals surface area contributed by atoms with Crippen molar-refractivity contribution in [3.05, 3.63) is 42.0 Å². The van der Waals surface area contributed by atoms with Crippen molar-refractivity contribution < 1.29 is 14.3 Å². The normalized spacial score (nSPS) is 15.5. The first-order chi connectivity index (χ1) is 10.2. The second kappa shape index (κ2) is 7.59. The molecule has 0 saturated carbocycles. The van der Waals surface area contributed by atoms with Crippen LogP contribution in [0.25, 0.3) is 6.08 Å². The highest BCUT2D eigenvalue weighted by Gasteiger charge is 2.22. The lowest BCUT2D eigenvalue weighted by Gasteiger charge is -2.34. The molecule has 5 nitrogen and oxygen atoms in total. The van der Waals surface area contributed by atoms with Gasteiger partial charge in [-0.3, -0.25) is 9.59 Å². The Morgan fingerprint density at radius 1 is 1.10 bits per heavy atom. The van der Waals surface area contributed by atoms with E-state index in [1.807, 2.05) is 36.4 Å². The highest BCUT2D eigenvalue weighted by Crippen LogP contribution is 2.06. The number of amides is 2. The first kappa shape index (κ1) is 15.3. The van der Waals surface area contributed by atoms with Crippen LogP contribution >= 0.6 is 0 Å². The molecule has 0 N–H and O–H groups in total. The van der Waals surface area contributed by atoms with Crippen molar-refractivity contribution in [3.8, 4) is 0 Å². The molecule has 1 aliphatic heterocycles. The lowest BCUT2D eigenvalue weighted by atomic mass is 10.2. The summed E-state index contributed by atoms with van der Waals surface area (Å²) in [5.41, 5.74) is 1.000. The predicted octanol–water partition coefficient (Wildman–Crippen LogP) is 1.02. The summed E-state index contributed by atoms with van der Waals surface area (Å²) in [6.45, 7) is 2.35. The van der Waals surface area contributed by atoms with Crippen LogP contribution in [0.3, 0.4) is 0 Å². The van der Waals surface area contributed by atoms with Crippen LogP contribution in [-0.4, -0.2) is 61.5 Å². The van der Waals surface area contributed by atoms with E-state index in [-0.39, 0.29) is 18.4 Å². The van der Waals surface area contributed by atoms with Crippen LogP contribution in [0, 0.1) is 0 Å². The monoisotopic (exact) mass is 288 g/mol. The quantitative estimate of drug-likeness (QED) is 0.777. The Labute approximate surface area is 124 Å². The maximum atomic E-state index is 12.1. The fraction of sp³-hybridized carbons (Fsp3) is 0.375. The molecule has 21 heavy (non-hydrogen) atoms. The summed E-state index contributed by atoms with van der Waals surface area (Å²) in [7, 11) is 1.51. The molecule has 1 heterocycles. The number of benzene rings is 1. The van der Waals surface area contributed by atoms with Crippen molar-refractivity contribution in [1.82, 2.24) is 9.80 Å². The highest BCUT2D eigenvalue weighted by atomic mass is 16.5. The molecule has 1 fully saturated rings. The minimum atomic E-state index is -0.0237. The van der Waals surface area contributed by atoms with Gasteiger partial charge in [-0.1, -0.05) is 30.3 Å². The van der Waals surface area contributed by atoms with E-state index < -0.39 is 0 Å². The summed E-state index contributed by atoms with van der Waals surface area (Å²) in [4.78, 5) is 27.2. The molecule has 1 aromatic rings. The Morgan fingerprint density at radius 2 is 1.71 bits per heavy atom. The van der Waals surface area contributed by atoms with E-state index in [0.29, 0.717) is 26.2 Å². The zero-order valence-electron chi connectivity index (χ0n) is 12.2. The lowest BCUT2D eigenvalue weighted by Crippen LogP contribution is -2.51. The molecule has 5 heteroatoms. The van der Waals surface area contributed by atoms with E-state index in [1.54, 1.807) is 15.9 Å². The van der Waals surface area contributed by atoms with Crippen LogP contribution in [-0.2, 0) is 14.3 Å². The molecule has 1 saturated heterocycles. The maximum Gasteiger partial charge on any atom is 0.248 e. The second-order valence-corrected chi connectivity index (χ2v) is 4.88. The first-order valence-corrected chi connectivity index (χ1v) is 6.99. The van der Waals surface area contributed by atoms with E-state index in [1.165, 1.54) is 7.11 Å². The zero-order valence-corrected chi connectivity index (χ0v) is 12.2. The average Bonchev–Trinajstić information content (AvgIpc) is 2.54. The largest absolute Gasteiger partial charge is 0.375 e. The van der Waals surface area contributed by atoms with Crippen molar-refractivity contribution in [3.63, 3.8) is 0 Å². The van der Waals surface area contributed by atoms with E-state index in [0.717, 1.165) is 5.56 Å². The van der Waals surface area contributed by atoms with Gasteiger partial charge >= 0.3 is 0 Å². The van der Waals surface area contributed by atoms with Crippen molar-refractivity contribution >= 4 is 17.9 Å². The Kier molecular flexibility index (Phi) is 5.51. The minimum absolute atomic E-state index is 0.0160. The zero-order chi connectivity index (χ0) is 15.1. The van der Waals surface area contributed by atoms with Crippen molar-refractivity contribution in [2.45, 2.75) is 0 Å². The summed E-state index contributed by atoms with van der Waals surface area (Å²) < 4.78 is 4.84. The van der Waals surface area contributed by atoms with Gasteiger partial charge in [0.25, 0.3) is 0 Å². The number of piperazine rings is 1. The molecule has 112 valence electrons. The standard InChI is InChI=1S/C16H20N2O3/c1-21-13-16(20)18-11-9-17(10-12-18)15(19)8-7-14-5-3-2-4-6-14/h2-8H,9-13H2,1H3/b8-7+. The number of nitrogens with zero attached hydrogens (tertiary/aromatic N) is 2. The number of hydrogen-bond donors (Lipinski definition) is 0. The van der Waals surface area contributed by atoms with Crippen molar-refractivity contribution in [2.24, 2.45) is 0 Å². The number of rotatable bonds is 4. The number of ether oxygens (including phenoxy) is 1. The summed E-state index contributed by atoms with van der Waals surface area (Å²) in [6, 6.07) is 9.71. The molecule has 0 spiro atoms.